The molecule has 0 aliphatic carbocycles. The highest BCUT2D eigenvalue weighted by Crippen LogP contribution is 2.21. The molecule has 2 N–H and O–H groups in total. The van der Waals surface area contributed by atoms with Crippen molar-refractivity contribution < 1.29 is 9.90 Å². The molecule has 2 rings (SSSR count). The maximum Gasteiger partial charge on any atom is 0.325 e. The molecule has 0 amide bonds. The normalized spacial score (nSPS) is 20.6. The standard InChI is InChI=1S/C11H11NO2/c13-11(14)10-9(6-7-12-10)8-4-2-1-3-5-8/h1-6,10,12H,7H2,(H,13,14). The van der Waals surface area contributed by atoms with Crippen LogP contribution in [0.3, 0.4) is 0 Å². The van der Waals surface area contributed by atoms with Gasteiger partial charge in [-0.05, 0) is 11.1 Å². The molecule has 1 heterocycles. The zero-order valence-corrected chi connectivity index (χ0v) is 7.60. The average Bonchev–Trinajstić information content (AvgIpc) is 2.67. The molecule has 72 valence electrons. The van der Waals surface area contributed by atoms with Crippen LogP contribution in [0, 0.1) is 0 Å². The van der Waals surface area contributed by atoms with Gasteiger partial charge in [-0.25, -0.2) is 0 Å². The van der Waals surface area contributed by atoms with Crippen molar-refractivity contribution in [1.29, 1.82) is 0 Å². The average molecular weight is 189 g/mol. The van der Waals surface area contributed by atoms with E-state index in [0.717, 1.165) is 11.1 Å². The van der Waals surface area contributed by atoms with Crippen LogP contribution in [0.15, 0.2) is 36.4 Å². The van der Waals surface area contributed by atoms with E-state index in [1.54, 1.807) is 0 Å². The predicted molar refractivity (Wildman–Crippen MR) is 53.8 cm³/mol. The molecule has 1 atom stereocenters. The first-order valence-corrected chi connectivity index (χ1v) is 4.50. The Morgan fingerprint density at radius 1 is 1.36 bits per heavy atom. The second-order valence-corrected chi connectivity index (χ2v) is 3.20. The van der Waals surface area contributed by atoms with E-state index >= 15 is 0 Å². The second kappa shape index (κ2) is 3.64. The maximum atomic E-state index is 10.9. The van der Waals surface area contributed by atoms with E-state index in [4.69, 9.17) is 5.11 Å². The molecule has 0 saturated heterocycles. The van der Waals surface area contributed by atoms with Gasteiger partial charge < -0.3 is 5.11 Å². The first-order chi connectivity index (χ1) is 6.79. The smallest absolute Gasteiger partial charge is 0.325 e. The van der Waals surface area contributed by atoms with Gasteiger partial charge in [0.25, 0.3) is 0 Å². The second-order valence-electron chi connectivity index (χ2n) is 3.20. The van der Waals surface area contributed by atoms with Crippen LogP contribution in [-0.2, 0) is 4.79 Å². The molecule has 1 aromatic rings. The lowest BCUT2D eigenvalue weighted by Gasteiger charge is -2.10. The Bertz CT molecular complexity index is 370. The summed E-state index contributed by atoms with van der Waals surface area (Å²) in [5.74, 6) is -0.822. The molecule has 1 aromatic carbocycles. The zero-order chi connectivity index (χ0) is 9.97. The zero-order valence-electron chi connectivity index (χ0n) is 7.60. The largest absolute Gasteiger partial charge is 0.480 e. The molecule has 1 unspecified atom stereocenters. The molecule has 1 aliphatic rings. The summed E-state index contributed by atoms with van der Waals surface area (Å²) in [6.07, 6.45) is 1.92. The fraction of sp³-hybridized carbons (Fsp3) is 0.182. The van der Waals surface area contributed by atoms with Crippen LogP contribution in [0.1, 0.15) is 5.56 Å². The van der Waals surface area contributed by atoms with Crippen LogP contribution >= 0.6 is 0 Å². The third-order valence-corrected chi connectivity index (χ3v) is 2.31. The summed E-state index contributed by atoms with van der Waals surface area (Å²) in [7, 11) is 0. The Balaban J connectivity index is 2.31. The summed E-state index contributed by atoms with van der Waals surface area (Å²) in [4.78, 5) is 10.9. The molecule has 0 spiro atoms. The Hall–Kier alpha value is -1.61. The van der Waals surface area contributed by atoms with Gasteiger partial charge in [-0.1, -0.05) is 36.4 Å². The molecule has 1 aliphatic heterocycles. The minimum absolute atomic E-state index is 0.558. The van der Waals surface area contributed by atoms with Gasteiger partial charge in [0.2, 0.25) is 0 Å². The number of rotatable bonds is 2. The first kappa shape index (κ1) is 8.97. The van der Waals surface area contributed by atoms with Crippen LogP contribution in [0.2, 0.25) is 0 Å². The van der Waals surface area contributed by atoms with Gasteiger partial charge in [-0.3, -0.25) is 10.1 Å². The molecule has 0 bridgehead atoms. The van der Waals surface area contributed by atoms with Gasteiger partial charge >= 0.3 is 5.97 Å². The van der Waals surface area contributed by atoms with Gasteiger partial charge in [0.05, 0.1) is 0 Å². The summed E-state index contributed by atoms with van der Waals surface area (Å²) in [5, 5.41) is 11.9. The monoisotopic (exact) mass is 189 g/mol. The lowest BCUT2D eigenvalue weighted by molar-refractivity contribution is -0.137. The van der Waals surface area contributed by atoms with Gasteiger partial charge in [0.1, 0.15) is 6.04 Å². The Labute approximate surface area is 82.1 Å². The van der Waals surface area contributed by atoms with Crippen LogP contribution in [-0.4, -0.2) is 23.7 Å². The highest BCUT2D eigenvalue weighted by molar-refractivity contribution is 5.92. The van der Waals surface area contributed by atoms with E-state index < -0.39 is 12.0 Å². The van der Waals surface area contributed by atoms with E-state index in [1.807, 2.05) is 36.4 Å². The first-order valence-electron chi connectivity index (χ1n) is 4.50. The highest BCUT2D eigenvalue weighted by Gasteiger charge is 2.25. The highest BCUT2D eigenvalue weighted by atomic mass is 16.4. The number of hydrogen-bond donors (Lipinski definition) is 2. The molecule has 14 heavy (non-hydrogen) atoms. The van der Waals surface area contributed by atoms with Crippen molar-refractivity contribution in [2.75, 3.05) is 6.54 Å². The maximum absolute atomic E-state index is 10.9. The van der Waals surface area contributed by atoms with Crippen LogP contribution < -0.4 is 5.32 Å². The molecule has 0 aromatic heterocycles. The minimum atomic E-state index is -0.822. The van der Waals surface area contributed by atoms with Gasteiger partial charge in [-0.2, -0.15) is 0 Å². The lowest BCUT2D eigenvalue weighted by Crippen LogP contribution is -2.32. The van der Waals surface area contributed by atoms with E-state index in [2.05, 4.69) is 5.32 Å². The fourth-order valence-corrected chi connectivity index (χ4v) is 1.65. The topological polar surface area (TPSA) is 49.3 Å². The van der Waals surface area contributed by atoms with Gasteiger partial charge in [0.15, 0.2) is 0 Å². The minimum Gasteiger partial charge on any atom is -0.480 e. The quantitative estimate of drug-likeness (QED) is 0.733. The van der Waals surface area contributed by atoms with Crippen molar-refractivity contribution in [2.24, 2.45) is 0 Å². The molecule has 3 nitrogen and oxygen atoms in total. The van der Waals surface area contributed by atoms with Crippen molar-refractivity contribution in [3.8, 4) is 0 Å². The van der Waals surface area contributed by atoms with Crippen LogP contribution in [0.25, 0.3) is 5.57 Å². The SMILES string of the molecule is O=C(O)C1NCC=C1c1ccccc1. The third kappa shape index (κ3) is 1.54. The lowest BCUT2D eigenvalue weighted by atomic mass is 10.0. The Morgan fingerprint density at radius 2 is 2.07 bits per heavy atom. The number of carboxylic acid groups (broad SMARTS) is 1. The Kier molecular flexibility index (Phi) is 2.33. The number of aliphatic carboxylic acids is 1. The van der Waals surface area contributed by atoms with Crippen LogP contribution in [0.5, 0.6) is 0 Å². The number of carboxylic acids is 1. The van der Waals surface area contributed by atoms with Gasteiger partial charge in [-0.15, -0.1) is 0 Å². The fourth-order valence-electron chi connectivity index (χ4n) is 1.65. The number of benzene rings is 1. The molecule has 0 fully saturated rings. The number of carbonyl (C=O) groups is 1. The van der Waals surface area contributed by atoms with Crippen LogP contribution in [0.4, 0.5) is 0 Å². The van der Waals surface area contributed by atoms with E-state index in [1.165, 1.54) is 0 Å². The summed E-state index contributed by atoms with van der Waals surface area (Å²) in [6.45, 7) is 0.626. The summed E-state index contributed by atoms with van der Waals surface area (Å²) in [6, 6.07) is 9.03. The van der Waals surface area contributed by atoms with E-state index in [9.17, 15) is 4.79 Å². The molecular formula is C11H11NO2. The molecule has 0 radical (unpaired) electrons. The van der Waals surface area contributed by atoms with Crippen molar-refractivity contribution >= 4 is 11.5 Å². The Morgan fingerprint density at radius 3 is 2.71 bits per heavy atom. The predicted octanol–water partition coefficient (Wildman–Crippen LogP) is 1.13. The van der Waals surface area contributed by atoms with E-state index in [0.29, 0.717) is 6.54 Å². The van der Waals surface area contributed by atoms with E-state index in [-0.39, 0.29) is 0 Å². The number of hydrogen-bond acceptors (Lipinski definition) is 2. The van der Waals surface area contributed by atoms with Crippen molar-refractivity contribution in [2.45, 2.75) is 6.04 Å². The number of nitrogens with one attached hydrogen (secondary N) is 1. The van der Waals surface area contributed by atoms with Crippen molar-refractivity contribution in [3.63, 3.8) is 0 Å². The van der Waals surface area contributed by atoms with Gasteiger partial charge in [0, 0.05) is 6.54 Å². The summed E-state index contributed by atoms with van der Waals surface area (Å²) >= 11 is 0. The summed E-state index contributed by atoms with van der Waals surface area (Å²) in [5.41, 5.74) is 1.84. The third-order valence-electron chi connectivity index (χ3n) is 2.31. The van der Waals surface area contributed by atoms with Crippen molar-refractivity contribution in [1.82, 2.24) is 5.32 Å². The molecule has 3 heteroatoms. The summed E-state index contributed by atoms with van der Waals surface area (Å²) < 4.78 is 0. The van der Waals surface area contributed by atoms with Crippen molar-refractivity contribution in [3.05, 3.63) is 42.0 Å². The molecule has 0 saturated carbocycles. The molecular weight excluding hydrogens is 178 g/mol.